The van der Waals surface area contributed by atoms with Crippen LogP contribution in [-0.2, 0) is 14.3 Å². The molecule has 3 aliphatic rings. The normalized spacial score (nSPS) is 21.7. The van der Waals surface area contributed by atoms with Crippen LogP contribution in [0.1, 0.15) is 24.2 Å². The molecule has 1 atom stereocenters. The fourth-order valence-electron chi connectivity index (χ4n) is 4.69. The number of hydrogen-bond donors (Lipinski definition) is 0. The van der Waals surface area contributed by atoms with Crippen molar-refractivity contribution in [1.82, 2.24) is 29.5 Å². The summed E-state index contributed by atoms with van der Waals surface area (Å²) < 4.78 is 7.32. The summed E-state index contributed by atoms with van der Waals surface area (Å²) in [6, 6.07) is 3.92. The first-order chi connectivity index (χ1) is 15.5. The molecule has 0 spiro atoms. The van der Waals surface area contributed by atoms with Gasteiger partial charge in [-0.05, 0) is 32.8 Å². The van der Waals surface area contributed by atoms with Crippen LogP contribution in [-0.4, -0.2) is 93.3 Å². The van der Waals surface area contributed by atoms with Gasteiger partial charge in [0.25, 0.3) is 5.91 Å². The van der Waals surface area contributed by atoms with Crippen LogP contribution in [0.2, 0.25) is 0 Å². The summed E-state index contributed by atoms with van der Waals surface area (Å²) in [4.78, 5) is 40.0. The predicted molar refractivity (Wildman–Crippen MR) is 116 cm³/mol. The molecule has 2 aromatic rings. The molecule has 2 amide bonds. The second-order valence-corrected chi connectivity index (χ2v) is 8.83. The maximum Gasteiger partial charge on any atom is 0.251 e. The van der Waals surface area contributed by atoms with Crippen molar-refractivity contribution < 1.29 is 14.3 Å². The number of carbonyl (C=O) groups excluding carboxylic acids is 2. The van der Waals surface area contributed by atoms with Crippen LogP contribution in [0.3, 0.4) is 0 Å². The van der Waals surface area contributed by atoms with Crippen molar-refractivity contribution in [2.45, 2.75) is 32.8 Å². The highest BCUT2D eigenvalue weighted by Crippen LogP contribution is 2.26. The number of nitrogens with zero attached hydrogens (tertiary/aromatic N) is 7. The van der Waals surface area contributed by atoms with E-state index in [1.807, 2.05) is 35.8 Å². The van der Waals surface area contributed by atoms with E-state index in [-0.39, 0.29) is 23.8 Å². The van der Waals surface area contributed by atoms with Gasteiger partial charge in [-0.25, -0.2) is 14.6 Å². The summed E-state index contributed by atoms with van der Waals surface area (Å²) in [5.41, 5.74) is 1.95. The van der Waals surface area contributed by atoms with Gasteiger partial charge in [0.1, 0.15) is 18.2 Å². The summed E-state index contributed by atoms with van der Waals surface area (Å²) in [5.74, 6) is 1.73. The number of amides is 2. The standard InChI is InChI=1S/C22H29N7O3/c1-15-10-16(2)29(25-15)20-11-19(23-14-24-20)28-12-17(13-28)21(30)26-5-7-27(8-6-26)22(31)18-4-3-9-32-18/h10-11,14,17-18H,3-9,12-13H2,1-2H3/t18-/m1/s1. The highest BCUT2D eigenvalue weighted by molar-refractivity contribution is 5.83. The minimum Gasteiger partial charge on any atom is -0.368 e. The highest BCUT2D eigenvalue weighted by atomic mass is 16.5. The topological polar surface area (TPSA) is 96.7 Å². The third-order valence-electron chi connectivity index (χ3n) is 6.53. The molecule has 0 unspecified atom stereocenters. The first-order valence-corrected chi connectivity index (χ1v) is 11.3. The molecule has 0 aliphatic carbocycles. The Morgan fingerprint density at radius 1 is 0.969 bits per heavy atom. The lowest BCUT2D eigenvalue weighted by Crippen LogP contribution is -2.59. The van der Waals surface area contributed by atoms with Crippen molar-refractivity contribution in [2.75, 3.05) is 50.8 Å². The highest BCUT2D eigenvalue weighted by Gasteiger charge is 2.38. The zero-order valence-electron chi connectivity index (χ0n) is 18.6. The van der Waals surface area contributed by atoms with Crippen molar-refractivity contribution >= 4 is 17.6 Å². The Bertz CT molecular complexity index is 1000. The summed E-state index contributed by atoms with van der Waals surface area (Å²) in [6.07, 6.45) is 3.01. The number of ether oxygens (including phenoxy) is 1. The van der Waals surface area contributed by atoms with Crippen LogP contribution >= 0.6 is 0 Å². The molecule has 32 heavy (non-hydrogen) atoms. The summed E-state index contributed by atoms with van der Waals surface area (Å²) >= 11 is 0. The Balaban J connectivity index is 1.14. The lowest BCUT2D eigenvalue weighted by atomic mass is 9.98. The van der Waals surface area contributed by atoms with E-state index in [4.69, 9.17) is 4.74 Å². The molecule has 3 aliphatic heterocycles. The first-order valence-electron chi connectivity index (χ1n) is 11.3. The van der Waals surface area contributed by atoms with E-state index in [9.17, 15) is 9.59 Å². The van der Waals surface area contributed by atoms with Crippen LogP contribution < -0.4 is 4.90 Å². The lowest BCUT2D eigenvalue weighted by Gasteiger charge is -2.43. The predicted octanol–water partition coefficient (Wildman–Crippen LogP) is 0.565. The molecule has 0 N–H and O–H groups in total. The van der Waals surface area contributed by atoms with Crippen molar-refractivity contribution in [1.29, 1.82) is 0 Å². The largest absolute Gasteiger partial charge is 0.368 e. The molecule has 170 valence electrons. The van der Waals surface area contributed by atoms with E-state index in [1.165, 1.54) is 0 Å². The molecule has 5 rings (SSSR count). The number of carbonyl (C=O) groups is 2. The molecule has 0 aromatic carbocycles. The lowest BCUT2D eigenvalue weighted by molar-refractivity contribution is -0.147. The Morgan fingerprint density at radius 2 is 1.66 bits per heavy atom. The van der Waals surface area contributed by atoms with Gasteiger partial charge in [-0.3, -0.25) is 9.59 Å². The van der Waals surface area contributed by atoms with Gasteiger partial charge in [0.15, 0.2) is 5.82 Å². The van der Waals surface area contributed by atoms with E-state index in [2.05, 4.69) is 20.0 Å². The molecule has 3 saturated heterocycles. The zero-order chi connectivity index (χ0) is 22.2. The third kappa shape index (κ3) is 3.94. The van der Waals surface area contributed by atoms with Gasteiger partial charge >= 0.3 is 0 Å². The minimum atomic E-state index is -0.287. The molecule has 2 aromatic heterocycles. The van der Waals surface area contributed by atoms with Gasteiger partial charge in [-0.1, -0.05) is 0 Å². The summed E-state index contributed by atoms with van der Waals surface area (Å²) in [5, 5.41) is 4.48. The molecule has 5 heterocycles. The summed E-state index contributed by atoms with van der Waals surface area (Å²) in [6.45, 7) is 8.24. The van der Waals surface area contributed by atoms with E-state index in [1.54, 1.807) is 11.0 Å². The molecule has 0 saturated carbocycles. The van der Waals surface area contributed by atoms with Crippen molar-refractivity contribution in [3.63, 3.8) is 0 Å². The maximum atomic E-state index is 13.0. The van der Waals surface area contributed by atoms with Crippen molar-refractivity contribution in [3.8, 4) is 5.82 Å². The van der Waals surface area contributed by atoms with E-state index in [0.717, 1.165) is 35.9 Å². The van der Waals surface area contributed by atoms with Crippen LogP contribution in [0.4, 0.5) is 5.82 Å². The Labute approximate surface area is 187 Å². The first kappa shape index (κ1) is 20.9. The molecule has 0 bridgehead atoms. The third-order valence-corrected chi connectivity index (χ3v) is 6.53. The number of aromatic nitrogens is 4. The Morgan fingerprint density at radius 3 is 2.28 bits per heavy atom. The van der Waals surface area contributed by atoms with Crippen LogP contribution in [0.25, 0.3) is 5.82 Å². The average molecular weight is 440 g/mol. The zero-order valence-corrected chi connectivity index (χ0v) is 18.6. The number of hydrogen-bond acceptors (Lipinski definition) is 7. The monoisotopic (exact) mass is 439 g/mol. The fourth-order valence-corrected chi connectivity index (χ4v) is 4.69. The van der Waals surface area contributed by atoms with E-state index < -0.39 is 0 Å². The summed E-state index contributed by atoms with van der Waals surface area (Å²) in [7, 11) is 0. The van der Waals surface area contributed by atoms with Crippen molar-refractivity contribution in [3.05, 3.63) is 29.8 Å². The molecule has 3 fully saturated rings. The SMILES string of the molecule is Cc1cc(C)n(-c2cc(N3CC(C(=O)N4CCN(C(=O)[C@H]5CCCO5)CC4)C3)ncn2)n1. The smallest absolute Gasteiger partial charge is 0.251 e. The molecular weight excluding hydrogens is 410 g/mol. The van der Waals surface area contributed by atoms with Crippen LogP contribution in [0, 0.1) is 19.8 Å². The van der Waals surface area contributed by atoms with Gasteiger partial charge in [0.05, 0.1) is 11.6 Å². The fraction of sp³-hybridized carbons (Fsp3) is 0.591. The van der Waals surface area contributed by atoms with Gasteiger partial charge < -0.3 is 19.4 Å². The molecular formula is C22H29N7O3. The van der Waals surface area contributed by atoms with E-state index >= 15 is 0 Å². The van der Waals surface area contributed by atoms with Gasteiger partial charge in [-0.2, -0.15) is 5.10 Å². The second-order valence-electron chi connectivity index (χ2n) is 8.83. The maximum absolute atomic E-state index is 13.0. The quantitative estimate of drug-likeness (QED) is 0.687. The van der Waals surface area contributed by atoms with E-state index in [0.29, 0.717) is 45.9 Å². The Hall–Kier alpha value is -3.01. The molecule has 0 radical (unpaired) electrons. The second kappa shape index (κ2) is 8.50. The van der Waals surface area contributed by atoms with Gasteiger partial charge in [0, 0.05) is 57.6 Å². The number of anilines is 1. The number of rotatable bonds is 4. The minimum absolute atomic E-state index is 0.0393. The van der Waals surface area contributed by atoms with Crippen molar-refractivity contribution in [2.24, 2.45) is 5.92 Å². The van der Waals surface area contributed by atoms with Crippen LogP contribution in [0.5, 0.6) is 0 Å². The van der Waals surface area contributed by atoms with Gasteiger partial charge in [-0.15, -0.1) is 0 Å². The van der Waals surface area contributed by atoms with Gasteiger partial charge in [0.2, 0.25) is 5.91 Å². The molecule has 10 nitrogen and oxygen atoms in total. The number of aryl methyl sites for hydroxylation is 2. The molecule has 10 heteroatoms. The van der Waals surface area contributed by atoms with Crippen LogP contribution in [0.15, 0.2) is 18.5 Å². The Kier molecular flexibility index (Phi) is 5.54. The average Bonchev–Trinajstić information content (AvgIpc) is 3.42. The number of piperazine rings is 1.